The number of imide groups is 1. The molecule has 1 aromatic carbocycles. The number of nitrogens with zero attached hydrogens (tertiary/aromatic N) is 1. The number of fused-ring (bicyclic) bond motifs is 2. The Morgan fingerprint density at radius 3 is 2.75 bits per heavy atom. The van der Waals surface area contributed by atoms with Crippen LogP contribution in [0, 0.1) is 0 Å². The van der Waals surface area contributed by atoms with Crippen molar-refractivity contribution in [3.63, 3.8) is 0 Å². The van der Waals surface area contributed by atoms with Gasteiger partial charge in [0.05, 0.1) is 5.41 Å². The molecule has 3 amide bonds. The van der Waals surface area contributed by atoms with Crippen LogP contribution < -0.4 is 5.32 Å². The Kier molecular flexibility index (Phi) is 3.66. The second kappa shape index (κ2) is 5.72. The SMILES string of the molecule is O=C(CN1C(=O)CC2(CCc3ccccc32)C1=O)NC1CCCC1. The van der Waals surface area contributed by atoms with Crippen molar-refractivity contribution in [2.45, 2.75) is 56.4 Å². The minimum Gasteiger partial charge on any atom is -0.352 e. The van der Waals surface area contributed by atoms with Crippen LogP contribution in [0.3, 0.4) is 0 Å². The van der Waals surface area contributed by atoms with E-state index in [2.05, 4.69) is 5.32 Å². The first-order chi connectivity index (χ1) is 11.6. The minimum atomic E-state index is -0.735. The molecule has 1 aromatic rings. The second-order valence-electron chi connectivity index (χ2n) is 7.25. The van der Waals surface area contributed by atoms with Gasteiger partial charge in [0.2, 0.25) is 17.7 Å². The highest BCUT2D eigenvalue weighted by Gasteiger charge is 2.55. The minimum absolute atomic E-state index is 0.141. The lowest BCUT2D eigenvalue weighted by molar-refractivity contribution is -0.143. The standard InChI is InChI=1S/C19H22N2O3/c22-16(20-14-6-2-3-7-14)12-21-17(23)11-19(18(21)24)10-9-13-5-1-4-8-15(13)19/h1,4-5,8,14H,2-3,6-7,9-12H2,(H,20,22). The highest BCUT2D eigenvalue weighted by Crippen LogP contribution is 2.46. The van der Waals surface area contributed by atoms with Crippen LogP contribution in [0.4, 0.5) is 0 Å². The highest BCUT2D eigenvalue weighted by atomic mass is 16.2. The molecule has 2 fully saturated rings. The quantitative estimate of drug-likeness (QED) is 0.860. The fraction of sp³-hybridized carbons (Fsp3) is 0.526. The van der Waals surface area contributed by atoms with Gasteiger partial charge in [-0.15, -0.1) is 0 Å². The van der Waals surface area contributed by atoms with E-state index in [-0.39, 0.29) is 36.7 Å². The van der Waals surface area contributed by atoms with E-state index in [1.807, 2.05) is 24.3 Å². The highest BCUT2D eigenvalue weighted by molar-refractivity contribution is 6.11. The molecule has 0 aromatic heterocycles. The Morgan fingerprint density at radius 2 is 1.96 bits per heavy atom. The molecule has 1 heterocycles. The first-order valence-corrected chi connectivity index (χ1v) is 8.83. The summed E-state index contributed by atoms with van der Waals surface area (Å²) in [7, 11) is 0. The Hall–Kier alpha value is -2.17. The summed E-state index contributed by atoms with van der Waals surface area (Å²) in [4.78, 5) is 38.9. The summed E-state index contributed by atoms with van der Waals surface area (Å²) >= 11 is 0. The molecular weight excluding hydrogens is 304 g/mol. The first-order valence-electron chi connectivity index (χ1n) is 8.83. The van der Waals surface area contributed by atoms with Crippen molar-refractivity contribution < 1.29 is 14.4 Å². The zero-order valence-electron chi connectivity index (χ0n) is 13.7. The fourth-order valence-electron chi connectivity index (χ4n) is 4.54. The second-order valence-corrected chi connectivity index (χ2v) is 7.25. The number of hydrogen-bond donors (Lipinski definition) is 1. The van der Waals surface area contributed by atoms with E-state index in [1.165, 1.54) is 4.90 Å². The van der Waals surface area contributed by atoms with E-state index >= 15 is 0 Å². The van der Waals surface area contributed by atoms with Gasteiger partial charge in [-0.3, -0.25) is 19.3 Å². The molecule has 1 saturated heterocycles. The number of carbonyl (C=O) groups is 3. The topological polar surface area (TPSA) is 66.5 Å². The molecule has 1 saturated carbocycles. The van der Waals surface area contributed by atoms with Crippen molar-refractivity contribution >= 4 is 17.7 Å². The molecule has 2 aliphatic carbocycles. The van der Waals surface area contributed by atoms with Crippen LogP contribution in [0.1, 0.15) is 49.7 Å². The van der Waals surface area contributed by atoms with Crippen LogP contribution in [0.25, 0.3) is 0 Å². The number of carbonyl (C=O) groups excluding carboxylic acids is 3. The average molecular weight is 326 g/mol. The third-order valence-corrected chi connectivity index (χ3v) is 5.78. The predicted molar refractivity (Wildman–Crippen MR) is 88.2 cm³/mol. The lowest BCUT2D eigenvalue weighted by Gasteiger charge is -2.23. The summed E-state index contributed by atoms with van der Waals surface area (Å²) in [6, 6.07) is 8.06. The van der Waals surface area contributed by atoms with E-state index in [0.29, 0.717) is 6.42 Å². The number of likely N-dealkylation sites (tertiary alicyclic amines) is 1. The van der Waals surface area contributed by atoms with Crippen LogP contribution in [0.15, 0.2) is 24.3 Å². The van der Waals surface area contributed by atoms with E-state index in [1.54, 1.807) is 0 Å². The van der Waals surface area contributed by atoms with Gasteiger partial charge in [-0.05, 0) is 36.8 Å². The van der Waals surface area contributed by atoms with Gasteiger partial charge in [0.1, 0.15) is 6.54 Å². The summed E-state index contributed by atoms with van der Waals surface area (Å²) in [6.45, 7) is -0.141. The van der Waals surface area contributed by atoms with E-state index in [0.717, 1.165) is 43.2 Å². The fourth-order valence-corrected chi connectivity index (χ4v) is 4.54. The van der Waals surface area contributed by atoms with Gasteiger partial charge in [0, 0.05) is 12.5 Å². The molecule has 5 heteroatoms. The van der Waals surface area contributed by atoms with E-state index in [4.69, 9.17) is 0 Å². The molecule has 24 heavy (non-hydrogen) atoms. The van der Waals surface area contributed by atoms with Crippen LogP contribution in [0.2, 0.25) is 0 Å². The molecule has 0 bridgehead atoms. The first kappa shape index (κ1) is 15.4. The predicted octanol–water partition coefficient (Wildman–Crippen LogP) is 1.69. The van der Waals surface area contributed by atoms with Crippen molar-refractivity contribution in [2.24, 2.45) is 0 Å². The molecule has 1 aliphatic heterocycles. The Balaban J connectivity index is 1.51. The summed E-state index contributed by atoms with van der Waals surface area (Å²) in [6.07, 6.45) is 5.92. The summed E-state index contributed by atoms with van der Waals surface area (Å²) in [5, 5.41) is 2.96. The lowest BCUT2D eigenvalue weighted by atomic mass is 9.80. The Morgan fingerprint density at radius 1 is 1.21 bits per heavy atom. The van der Waals surface area contributed by atoms with Crippen molar-refractivity contribution in [3.8, 4) is 0 Å². The Labute approximate surface area is 141 Å². The van der Waals surface area contributed by atoms with Gasteiger partial charge in [-0.25, -0.2) is 0 Å². The van der Waals surface area contributed by atoms with Gasteiger partial charge >= 0.3 is 0 Å². The molecule has 5 nitrogen and oxygen atoms in total. The zero-order chi connectivity index (χ0) is 16.7. The van der Waals surface area contributed by atoms with Gasteiger partial charge in [0.15, 0.2) is 0 Å². The maximum atomic E-state index is 13.0. The molecular formula is C19H22N2O3. The van der Waals surface area contributed by atoms with Crippen molar-refractivity contribution in [1.29, 1.82) is 0 Å². The van der Waals surface area contributed by atoms with Crippen LogP contribution >= 0.6 is 0 Å². The lowest BCUT2D eigenvalue weighted by Crippen LogP contribution is -2.45. The van der Waals surface area contributed by atoms with E-state index in [9.17, 15) is 14.4 Å². The van der Waals surface area contributed by atoms with Gasteiger partial charge in [0.25, 0.3) is 0 Å². The van der Waals surface area contributed by atoms with Crippen molar-refractivity contribution in [3.05, 3.63) is 35.4 Å². The molecule has 0 radical (unpaired) electrons. The molecule has 1 spiro atoms. The molecule has 1 N–H and O–H groups in total. The van der Waals surface area contributed by atoms with Crippen molar-refractivity contribution in [1.82, 2.24) is 10.2 Å². The molecule has 1 unspecified atom stereocenters. The maximum Gasteiger partial charge on any atom is 0.240 e. The largest absolute Gasteiger partial charge is 0.352 e. The summed E-state index contributed by atoms with van der Waals surface area (Å²) in [5.41, 5.74) is 1.39. The number of nitrogens with one attached hydrogen (secondary N) is 1. The van der Waals surface area contributed by atoms with Crippen LogP contribution in [-0.2, 0) is 26.2 Å². The van der Waals surface area contributed by atoms with Gasteiger partial charge < -0.3 is 5.32 Å². The smallest absolute Gasteiger partial charge is 0.240 e. The summed E-state index contributed by atoms with van der Waals surface area (Å²) < 4.78 is 0. The average Bonchev–Trinajstić information content (AvgIpc) is 3.25. The number of rotatable bonds is 3. The van der Waals surface area contributed by atoms with Gasteiger partial charge in [-0.1, -0.05) is 37.1 Å². The van der Waals surface area contributed by atoms with Crippen molar-refractivity contribution in [2.75, 3.05) is 6.54 Å². The summed E-state index contributed by atoms with van der Waals surface area (Å²) in [5.74, 6) is -0.635. The van der Waals surface area contributed by atoms with Gasteiger partial charge in [-0.2, -0.15) is 0 Å². The normalized spacial score (nSPS) is 26.4. The number of hydrogen-bond acceptors (Lipinski definition) is 3. The number of amides is 3. The van der Waals surface area contributed by atoms with E-state index < -0.39 is 5.41 Å². The molecule has 1 atom stereocenters. The van der Waals surface area contributed by atoms with Crippen LogP contribution in [0.5, 0.6) is 0 Å². The monoisotopic (exact) mass is 326 g/mol. The third-order valence-electron chi connectivity index (χ3n) is 5.78. The molecule has 3 aliphatic rings. The number of aryl methyl sites for hydroxylation is 1. The maximum absolute atomic E-state index is 13.0. The zero-order valence-corrected chi connectivity index (χ0v) is 13.7. The number of benzene rings is 1. The molecule has 126 valence electrons. The third kappa shape index (κ3) is 2.34. The Bertz CT molecular complexity index is 708. The van der Waals surface area contributed by atoms with Crippen LogP contribution in [-0.4, -0.2) is 35.2 Å². The molecule has 4 rings (SSSR count).